The number of benzene rings is 1. The highest BCUT2D eigenvalue weighted by Crippen LogP contribution is 2.24. The molecule has 2 rings (SSSR count). The Labute approximate surface area is 130 Å². The van der Waals surface area contributed by atoms with Crippen LogP contribution in [0.4, 0.5) is 11.4 Å². The highest BCUT2D eigenvalue weighted by atomic mass is 32.2. The van der Waals surface area contributed by atoms with E-state index in [1.807, 2.05) is 6.92 Å². The summed E-state index contributed by atoms with van der Waals surface area (Å²) in [6.07, 6.45) is 0.568. The van der Waals surface area contributed by atoms with Gasteiger partial charge in [-0.25, -0.2) is 4.68 Å². The van der Waals surface area contributed by atoms with Crippen molar-refractivity contribution in [3.63, 3.8) is 0 Å². The summed E-state index contributed by atoms with van der Waals surface area (Å²) in [5.41, 5.74) is 0.311. The second-order valence-electron chi connectivity index (χ2n) is 4.40. The first-order chi connectivity index (χ1) is 10.5. The molecule has 0 unspecified atom stereocenters. The molecule has 116 valence electrons. The Morgan fingerprint density at radius 2 is 2.32 bits per heavy atom. The van der Waals surface area contributed by atoms with Gasteiger partial charge >= 0.3 is 0 Å². The summed E-state index contributed by atoms with van der Waals surface area (Å²) in [6, 6.07) is 5.81. The Bertz CT molecular complexity index is 689. The monoisotopic (exact) mass is 322 g/mol. The number of carbonyl (C=O) groups is 1. The Kier molecular flexibility index (Phi) is 5.04. The zero-order chi connectivity index (χ0) is 16.1. The third kappa shape index (κ3) is 3.79. The van der Waals surface area contributed by atoms with Gasteiger partial charge in [0.2, 0.25) is 11.1 Å². The molecule has 9 nitrogen and oxygen atoms in total. The number of rotatable bonds is 6. The maximum Gasteiger partial charge on any atom is 0.271 e. The van der Waals surface area contributed by atoms with Gasteiger partial charge in [-0.2, -0.15) is 0 Å². The second kappa shape index (κ2) is 6.98. The summed E-state index contributed by atoms with van der Waals surface area (Å²) in [5, 5.41) is 24.6. The van der Waals surface area contributed by atoms with E-state index < -0.39 is 10.2 Å². The van der Waals surface area contributed by atoms with Crippen LogP contribution in [0.25, 0.3) is 0 Å². The number of non-ortho nitro benzene ring substituents is 1. The molecule has 0 aliphatic rings. The minimum atomic E-state index is -0.507. The van der Waals surface area contributed by atoms with Crippen molar-refractivity contribution in [3.8, 4) is 0 Å². The molecule has 22 heavy (non-hydrogen) atoms. The van der Waals surface area contributed by atoms with Crippen LogP contribution in [-0.4, -0.2) is 36.3 Å². The molecule has 0 bridgehead atoms. The summed E-state index contributed by atoms with van der Waals surface area (Å²) in [6.45, 7) is 1.87. The van der Waals surface area contributed by atoms with E-state index in [-0.39, 0.29) is 11.6 Å². The van der Waals surface area contributed by atoms with Gasteiger partial charge < -0.3 is 5.32 Å². The third-order valence-corrected chi connectivity index (χ3v) is 4.21. The average molecular weight is 322 g/mol. The summed E-state index contributed by atoms with van der Waals surface area (Å²) in [4.78, 5) is 22.5. The van der Waals surface area contributed by atoms with Crippen LogP contribution in [0.2, 0.25) is 0 Å². The lowest BCUT2D eigenvalue weighted by Crippen LogP contribution is -2.25. The number of hydrogen-bond donors (Lipinski definition) is 1. The smallest absolute Gasteiger partial charge is 0.271 e. The summed E-state index contributed by atoms with van der Waals surface area (Å²) >= 11 is 1.24. The molecule has 10 heteroatoms. The molecule has 1 N–H and O–H groups in total. The van der Waals surface area contributed by atoms with E-state index in [9.17, 15) is 14.9 Å². The lowest BCUT2D eigenvalue weighted by molar-refractivity contribution is -0.384. The summed E-state index contributed by atoms with van der Waals surface area (Å²) in [5.74, 6) is -0.254. The number of nitro groups is 1. The molecule has 0 fully saturated rings. The molecular weight excluding hydrogens is 308 g/mol. The average Bonchev–Trinajstić information content (AvgIpc) is 2.90. The summed E-state index contributed by atoms with van der Waals surface area (Å²) < 4.78 is 1.48. The molecule has 1 aromatic heterocycles. The van der Waals surface area contributed by atoms with Crippen LogP contribution in [0.15, 0.2) is 29.4 Å². The lowest BCUT2D eigenvalue weighted by atomic mass is 10.2. The first-order valence-corrected chi connectivity index (χ1v) is 7.33. The van der Waals surface area contributed by atoms with Gasteiger partial charge in [-0.15, -0.1) is 5.10 Å². The van der Waals surface area contributed by atoms with Crippen LogP contribution in [0, 0.1) is 10.1 Å². The largest absolute Gasteiger partial charge is 0.325 e. The maximum absolute atomic E-state index is 12.3. The number of nitro benzene ring substituents is 1. The molecule has 0 saturated heterocycles. The van der Waals surface area contributed by atoms with Crippen molar-refractivity contribution in [2.75, 3.05) is 5.32 Å². The topological polar surface area (TPSA) is 116 Å². The van der Waals surface area contributed by atoms with E-state index in [1.54, 1.807) is 13.1 Å². The minimum Gasteiger partial charge on any atom is -0.325 e. The van der Waals surface area contributed by atoms with E-state index in [2.05, 4.69) is 20.8 Å². The standard InChI is InChI=1S/C12H14N6O3S/c1-3-10(22-12-14-15-16-17(12)2)11(19)13-8-5-4-6-9(7-8)18(20)21/h4-7,10H,3H2,1-2H3,(H,13,19)/t10-/m0/s1. The van der Waals surface area contributed by atoms with Gasteiger partial charge in [0, 0.05) is 24.9 Å². The number of thioether (sulfide) groups is 1. The fourth-order valence-corrected chi connectivity index (χ4v) is 2.55. The number of hydrogen-bond acceptors (Lipinski definition) is 7. The number of tetrazole rings is 1. The van der Waals surface area contributed by atoms with Crippen LogP contribution in [0.5, 0.6) is 0 Å². The van der Waals surface area contributed by atoms with Crippen molar-refractivity contribution in [2.45, 2.75) is 23.8 Å². The number of nitrogens with zero attached hydrogens (tertiary/aromatic N) is 5. The van der Waals surface area contributed by atoms with E-state index in [0.29, 0.717) is 17.3 Å². The van der Waals surface area contributed by atoms with Crippen molar-refractivity contribution < 1.29 is 9.72 Å². The first-order valence-electron chi connectivity index (χ1n) is 6.45. The maximum atomic E-state index is 12.3. The molecule has 1 heterocycles. The van der Waals surface area contributed by atoms with Crippen LogP contribution in [0.1, 0.15) is 13.3 Å². The van der Waals surface area contributed by atoms with Crippen molar-refractivity contribution in [1.29, 1.82) is 0 Å². The molecule has 0 spiro atoms. The van der Waals surface area contributed by atoms with E-state index in [4.69, 9.17) is 0 Å². The molecule has 2 aromatic rings. The van der Waals surface area contributed by atoms with Crippen molar-refractivity contribution in [1.82, 2.24) is 20.2 Å². The van der Waals surface area contributed by atoms with Gasteiger partial charge in [-0.05, 0) is 22.9 Å². The second-order valence-corrected chi connectivity index (χ2v) is 5.57. The number of carbonyl (C=O) groups excluding carboxylic acids is 1. The number of anilines is 1. The Morgan fingerprint density at radius 1 is 1.55 bits per heavy atom. The Hall–Kier alpha value is -2.49. The van der Waals surface area contributed by atoms with E-state index >= 15 is 0 Å². The van der Waals surface area contributed by atoms with Gasteiger partial charge in [0.1, 0.15) is 0 Å². The zero-order valence-corrected chi connectivity index (χ0v) is 12.8. The van der Waals surface area contributed by atoms with Gasteiger partial charge in [0.15, 0.2) is 0 Å². The molecule has 1 atom stereocenters. The third-order valence-electron chi connectivity index (χ3n) is 2.82. The predicted molar refractivity (Wildman–Crippen MR) is 80.5 cm³/mol. The number of aromatic nitrogens is 4. The highest BCUT2D eigenvalue weighted by Gasteiger charge is 2.21. The zero-order valence-electron chi connectivity index (χ0n) is 12.0. The quantitative estimate of drug-likeness (QED) is 0.488. The van der Waals surface area contributed by atoms with Crippen LogP contribution >= 0.6 is 11.8 Å². The molecular formula is C12H14N6O3S. The van der Waals surface area contributed by atoms with Crippen LogP contribution in [0.3, 0.4) is 0 Å². The highest BCUT2D eigenvalue weighted by molar-refractivity contribution is 8.00. The molecule has 0 aliphatic heterocycles. The van der Waals surface area contributed by atoms with Gasteiger partial charge in [0.25, 0.3) is 5.69 Å². The van der Waals surface area contributed by atoms with Crippen LogP contribution < -0.4 is 5.32 Å². The molecule has 0 saturated carbocycles. The number of nitrogens with one attached hydrogen (secondary N) is 1. The summed E-state index contributed by atoms with van der Waals surface area (Å²) in [7, 11) is 1.69. The van der Waals surface area contributed by atoms with Crippen LogP contribution in [-0.2, 0) is 11.8 Å². The van der Waals surface area contributed by atoms with Gasteiger partial charge in [-0.3, -0.25) is 14.9 Å². The molecule has 1 amide bonds. The van der Waals surface area contributed by atoms with Crippen molar-refractivity contribution in [3.05, 3.63) is 34.4 Å². The van der Waals surface area contributed by atoms with Gasteiger partial charge in [0.05, 0.1) is 10.2 Å². The fraction of sp³-hybridized carbons (Fsp3) is 0.333. The normalized spacial score (nSPS) is 11.9. The number of amides is 1. The first kappa shape index (κ1) is 15.9. The van der Waals surface area contributed by atoms with E-state index in [1.165, 1.54) is 34.6 Å². The Balaban J connectivity index is 2.07. The Morgan fingerprint density at radius 3 is 2.91 bits per heavy atom. The lowest BCUT2D eigenvalue weighted by Gasteiger charge is -2.13. The molecule has 0 radical (unpaired) electrons. The predicted octanol–water partition coefficient (Wildman–Crippen LogP) is 1.63. The molecule has 0 aliphatic carbocycles. The van der Waals surface area contributed by atoms with Crippen molar-refractivity contribution in [2.24, 2.45) is 7.05 Å². The SMILES string of the molecule is CC[C@H](Sc1nnnn1C)C(=O)Nc1cccc([N+](=O)[O-])c1. The number of aryl methyl sites for hydroxylation is 1. The van der Waals surface area contributed by atoms with Crippen molar-refractivity contribution >= 4 is 29.0 Å². The minimum absolute atomic E-state index is 0.0731. The molecule has 1 aromatic carbocycles. The van der Waals surface area contributed by atoms with E-state index in [0.717, 1.165) is 0 Å². The van der Waals surface area contributed by atoms with Gasteiger partial charge in [-0.1, -0.05) is 24.8 Å². The fourth-order valence-electron chi connectivity index (χ4n) is 1.69.